The van der Waals surface area contributed by atoms with Crippen LogP contribution in [0.4, 0.5) is 0 Å². The summed E-state index contributed by atoms with van der Waals surface area (Å²) in [5.74, 6) is -1.21. The highest BCUT2D eigenvalue weighted by atomic mass is 16.4. The molecular formula is C18H29N3O7. The van der Waals surface area contributed by atoms with Crippen molar-refractivity contribution < 1.29 is 34.8 Å². The van der Waals surface area contributed by atoms with Crippen molar-refractivity contribution in [3.05, 3.63) is 18.2 Å². The van der Waals surface area contributed by atoms with Gasteiger partial charge in [-0.1, -0.05) is 12.8 Å². The van der Waals surface area contributed by atoms with Crippen LogP contribution in [0.1, 0.15) is 45.4 Å². The van der Waals surface area contributed by atoms with E-state index >= 15 is 0 Å². The minimum absolute atomic E-state index is 0.403. The van der Waals surface area contributed by atoms with E-state index in [1.54, 1.807) is 12.4 Å². The average Bonchev–Trinajstić information content (AvgIpc) is 3.22. The number of imidazole rings is 1. The number of nitrogens with zero attached hydrogens (tertiary/aromatic N) is 2. The molecule has 2 fully saturated rings. The van der Waals surface area contributed by atoms with Gasteiger partial charge in [0, 0.05) is 39.3 Å². The summed E-state index contributed by atoms with van der Waals surface area (Å²) in [6.45, 7) is 3.89. The molecule has 0 unspecified atom stereocenters. The monoisotopic (exact) mass is 399 g/mol. The Balaban J connectivity index is 0.000000420. The van der Waals surface area contributed by atoms with Crippen molar-refractivity contribution in [2.45, 2.75) is 52.2 Å². The van der Waals surface area contributed by atoms with Gasteiger partial charge in [0.1, 0.15) is 11.2 Å². The molecular weight excluding hydrogens is 370 g/mol. The Bertz CT molecular complexity index is 626. The highest BCUT2D eigenvalue weighted by molar-refractivity contribution is 5.76. The number of carbonyl (C=O) groups is 3. The van der Waals surface area contributed by atoms with Crippen LogP contribution in [0.3, 0.4) is 0 Å². The van der Waals surface area contributed by atoms with E-state index in [2.05, 4.69) is 14.9 Å². The van der Waals surface area contributed by atoms with Gasteiger partial charge in [-0.25, -0.2) is 4.98 Å². The Morgan fingerprint density at radius 2 is 1.75 bits per heavy atom. The lowest BCUT2D eigenvalue weighted by atomic mass is 9.73. The van der Waals surface area contributed by atoms with Gasteiger partial charge in [0.05, 0.1) is 12.6 Å². The summed E-state index contributed by atoms with van der Waals surface area (Å²) in [5, 5.41) is 34.8. The molecule has 5 N–H and O–H groups in total. The lowest BCUT2D eigenvalue weighted by Crippen LogP contribution is -2.56. The molecule has 0 bridgehead atoms. The zero-order valence-electron chi connectivity index (χ0n) is 16.2. The van der Waals surface area contributed by atoms with Gasteiger partial charge < -0.3 is 25.4 Å². The van der Waals surface area contributed by atoms with E-state index in [9.17, 15) is 15.0 Å². The molecule has 1 aromatic rings. The first kappa shape index (κ1) is 23.6. The molecule has 10 heteroatoms. The maximum absolute atomic E-state index is 11.8. The fourth-order valence-corrected chi connectivity index (χ4v) is 3.23. The summed E-state index contributed by atoms with van der Waals surface area (Å²) in [4.78, 5) is 39.1. The van der Waals surface area contributed by atoms with Crippen LogP contribution in [0.5, 0.6) is 0 Å². The van der Waals surface area contributed by atoms with Crippen LogP contribution in [0.2, 0.25) is 0 Å². The number of rotatable bonds is 5. The topological polar surface area (TPSA) is 164 Å². The van der Waals surface area contributed by atoms with Crippen molar-refractivity contribution in [2.75, 3.05) is 13.1 Å². The molecule has 0 amide bonds. The number of carboxylic acid groups (broad SMARTS) is 3. The fraction of sp³-hybridized carbons (Fsp3) is 0.667. The van der Waals surface area contributed by atoms with Crippen molar-refractivity contribution in [1.29, 1.82) is 0 Å². The van der Waals surface area contributed by atoms with Gasteiger partial charge in [-0.2, -0.15) is 0 Å². The number of aliphatic hydroxyl groups is 1. The van der Waals surface area contributed by atoms with E-state index in [1.807, 2.05) is 0 Å². The Hall–Kier alpha value is -2.46. The van der Waals surface area contributed by atoms with Crippen molar-refractivity contribution in [2.24, 2.45) is 11.3 Å². The van der Waals surface area contributed by atoms with Gasteiger partial charge in [-0.3, -0.25) is 19.3 Å². The molecule has 1 aromatic heterocycles. The number of likely N-dealkylation sites (tertiary alicyclic amines) is 1. The molecule has 28 heavy (non-hydrogen) atoms. The molecule has 1 saturated carbocycles. The summed E-state index contributed by atoms with van der Waals surface area (Å²) >= 11 is 0. The van der Waals surface area contributed by atoms with Crippen molar-refractivity contribution in [3.8, 4) is 0 Å². The first-order valence-corrected chi connectivity index (χ1v) is 9.08. The van der Waals surface area contributed by atoms with Crippen LogP contribution in [-0.2, 0) is 20.9 Å². The van der Waals surface area contributed by atoms with Crippen LogP contribution in [0.15, 0.2) is 12.4 Å². The Kier molecular flexibility index (Phi) is 9.07. The predicted octanol–water partition coefficient (Wildman–Crippen LogP) is 1.03. The van der Waals surface area contributed by atoms with E-state index in [4.69, 9.17) is 19.8 Å². The second-order valence-corrected chi connectivity index (χ2v) is 7.20. The highest BCUT2D eigenvalue weighted by Gasteiger charge is 2.51. The number of nitrogens with one attached hydrogen (secondary N) is 1. The highest BCUT2D eigenvalue weighted by Crippen LogP contribution is 2.45. The number of aromatic amines is 1. The summed E-state index contributed by atoms with van der Waals surface area (Å²) in [6.07, 6.45) is 6.02. The van der Waals surface area contributed by atoms with E-state index in [0.717, 1.165) is 32.5 Å². The van der Waals surface area contributed by atoms with Crippen molar-refractivity contribution in [3.63, 3.8) is 0 Å². The lowest BCUT2D eigenvalue weighted by Gasteiger charge is -2.43. The van der Waals surface area contributed by atoms with Crippen LogP contribution >= 0.6 is 0 Å². The number of aromatic nitrogens is 2. The lowest BCUT2D eigenvalue weighted by molar-refractivity contribution is -0.165. The molecule has 1 aliphatic carbocycles. The summed E-state index contributed by atoms with van der Waals surface area (Å²) in [5.41, 5.74) is -1.01. The maximum atomic E-state index is 11.8. The molecule has 2 atom stereocenters. The van der Waals surface area contributed by atoms with Crippen LogP contribution in [-0.4, -0.2) is 72.4 Å². The maximum Gasteiger partial charge on any atom is 0.313 e. The normalized spacial score (nSPS) is 24.2. The summed E-state index contributed by atoms with van der Waals surface area (Å²) in [6, 6.07) is 0. The third-order valence-corrected chi connectivity index (χ3v) is 4.57. The second-order valence-electron chi connectivity index (χ2n) is 7.20. The molecule has 0 radical (unpaired) electrons. The van der Waals surface area contributed by atoms with Gasteiger partial charge in [-0.05, 0) is 18.8 Å². The van der Waals surface area contributed by atoms with E-state index in [1.165, 1.54) is 0 Å². The van der Waals surface area contributed by atoms with E-state index in [0.29, 0.717) is 38.4 Å². The first-order valence-electron chi connectivity index (χ1n) is 9.08. The van der Waals surface area contributed by atoms with Crippen molar-refractivity contribution >= 4 is 17.9 Å². The Morgan fingerprint density at radius 1 is 1.18 bits per heavy atom. The number of hydrogen-bond donors (Lipinski definition) is 5. The molecule has 2 heterocycles. The molecule has 2 aliphatic rings. The predicted molar refractivity (Wildman–Crippen MR) is 98.5 cm³/mol. The minimum atomic E-state index is -1.01. The van der Waals surface area contributed by atoms with Gasteiger partial charge >= 0.3 is 5.97 Å². The molecule has 0 aromatic carbocycles. The number of piperidine rings is 1. The molecule has 0 spiro atoms. The van der Waals surface area contributed by atoms with Crippen LogP contribution in [0.25, 0.3) is 0 Å². The quantitative estimate of drug-likeness (QED) is 0.486. The SMILES string of the molecule is CC(=O)O.CC(=O)O.O=C(O)[C@]1(CC2CC2)CN(Cc2ncc[nH]2)CC[C@@H]1O. The largest absolute Gasteiger partial charge is 0.481 e. The number of aliphatic hydroxyl groups excluding tert-OH is 1. The second kappa shape index (κ2) is 10.8. The molecule has 3 rings (SSSR count). The smallest absolute Gasteiger partial charge is 0.313 e. The Labute approximate surface area is 163 Å². The summed E-state index contributed by atoms with van der Waals surface area (Å²) < 4.78 is 0. The number of H-pyrrole nitrogens is 1. The van der Waals surface area contributed by atoms with Gasteiger partial charge in [0.15, 0.2) is 0 Å². The zero-order valence-corrected chi connectivity index (χ0v) is 16.2. The molecule has 10 nitrogen and oxygen atoms in total. The number of aliphatic carboxylic acids is 3. The van der Waals surface area contributed by atoms with Crippen molar-refractivity contribution in [1.82, 2.24) is 14.9 Å². The Morgan fingerprint density at radius 3 is 2.18 bits per heavy atom. The number of hydrogen-bond acceptors (Lipinski definition) is 6. The minimum Gasteiger partial charge on any atom is -0.481 e. The third kappa shape index (κ3) is 8.05. The summed E-state index contributed by atoms with van der Waals surface area (Å²) in [7, 11) is 0. The van der Waals surface area contributed by atoms with Crippen LogP contribution in [0, 0.1) is 11.3 Å². The molecule has 1 saturated heterocycles. The van der Waals surface area contributed by atoms with Gasteiger partial charge in [-0.15, -0.1) is 0 Å². The van der Waals surface area contributed by atoms with E-state index in [-0.39, 0.29) is 0 Å². The van der Waals surface area contributed by atoms with Gasteiger partial charge in [0.25, 0.3) is 11.9 Å². The first-order chi connectivity index (χ1) is 13.1. The van der Waals surface area contributed by atoms with Gasteiger partial charge in [0.2, 0.25) is 0 Å². The standard InChI is InChI=1S/C14H21N3O3.2C2H4O2/c18-11-3-6-17(8-12-15-4-5-16-12)9-14(11,13(19)20)7-10-1-2-10;2*1-2(3)4/h4-5,10-11,18H,1-3,6-9H2,(H,15,16)(H,19,20);2*1H3,(H,3,4)/t11-,14+;;/m0../s1. The zero-order chi connectivity index (χ0) is 21.3. The average molecular weight is 399 g/mol. The molecule has 1 aliphatic heterocycles. The third-order valence-electron chi connectivity index (χ3n) is 4.57. The molecule has 158 valence electrons. The fourth-order valence-electron chi connectivity index (χ4n) is 3.23. The van der Waals surface area contributed by atoms with E-state index < -0.39 is 29.4 Å². The number of carboxylic acids is 3. The van der Waals surface area contributed by atoms with Crippen LogP contribution < -0.4 is 0 Å².